The van der Waals surface area contributed by atoms with E-state index in [0.29, 0.717) is 5.76 Å². The van der Waals surface area contributed by atoms with Crippen LogP contribution in [0.3, 0.4) is 0 Å². The van der Waals surface area contributed by atoms with Crippen molar-refractivity contribution in [1.29, 1.82) is 0 Å². The summed E-state index contributed by atoms with van der Waals surface area (Å²) >= 11 is 0. The molecule has 0 saturated heterocycles. The lowest BCUT2D eigenvalue weighted by Crippen LogP contribution is -2.35. The van der Waals surface area contributed by atoms with Crippen LogP contribution in [0.15, 0.2) is 45.9 Å². The van der Waals surface area contributed by atoms with E-state index in [1.165, 1.54) is 6.21 Å². The van der Waals surface area contributed by atoms with Gasteiger partial charge in [0.25, 0.3) is 5.91 Å². The highest BCUT2D eigenvalue weighted by Crippen LogP contribution is 2.14. The van der Waals surface area contributed by atoms with Crippen molar-refractivity contribution in [2.75, 3.05) is 5.32 Å². The van der Waals surface area contributed by atoms with E-state index < -0.39 is 0 Å². The molecule has 0 fully saturated rings. The summed E-state index contributed by atoms with van der Waals surface area (Å²) < 4.78 is 5.32. The van der Waals surface area contributed by atoms with Crippen molar-refractivity contribution in [3.8, 4) is 0 Å². The molecule has 0 radical (unpaired) electrons. The van der Waals surface area contributed by atoms with E-state index in [0.717, 1.165) is 17.0 Å². The van der Waals surface area contributed by atoms with Crippen LogP contribution in [-0.4, -0.2) is 18.2 Å². The Kier molecular flexibility index (Phi) is 4.77. The topological polar surface area (TPSA) is 66.6 Å². The highest BCUT2D eigenvalue weighted by atomic mass is 16.3. The molecule has 5 heteroatoms. The fourth-order valence-electron chi connectivity index (χ4n) is 1.81. The molecule has 1 atom stereocenters. The lowest BCUT2D eigenvalue weighted by molar-refractivity contribution is -0.121. The summed E-state index contributed by atoms with van der Waals surface area (Å²) in [6.07, 6.45) is 1.48. The molecule has 0 aliphatic carbocycles. The molecule has 0 bridgehead atoms. The van der Waals surface area contributed by atoms with E-state index >= 15 is 0 Å². The highest BCUT2D eigenvalue weighted by Gasteiger charge is 2.12. The van der Waals surface area contributed by atoms with E-state index in [2.05, 4.69) is 15.8 Å². The number of carbonyl (C=O) groups excluding carboxylic acids is 1. The lowest BCUT2D eigenvalue weighted by Gasteiger charge is -2.15. The Labute approximate surface area is 124 Å². The first-order valence-electron chi connectivity index (χ1n) is 6.78. The van der Waals surface area contributed by atoms with Crippen LogP contribution in [0.5, 0.6) is 0 Å². The number of nitrogens with one attached hydrogen (secondary N) is 2. The smallest absolute Gasteiger partial charge is 0.262 e. The molecule has 2 rings (SSSR count). The molecule has 110 valence electrons. The third-order valence-electron chi connectivity index (χ3n) is 3.04. The number of para-hydroxylation sites is 1. The maximum Gasteiger partial charge on any atom is 0.262 e. The van der Waals surface area contributed by atoms with Crippen LogP contribution >= 0.6 is 0 Å². The molecular formula is C16H19N3O2. The Morgan fingerprint density at radius 1 is 1.24 bits per heavy atom. The Hall–Kier alpha value is -2.56. The minimum Gasteiger partial charge on any atom is -0.460 e. The molecule has 2 aromatic rings. The number of furan rings is 1. The zero-order chi connectivity index (χ0) is 15.2. The first kappa shape index (κ1) is 14.8. The standard InChI is InChI=1S/C16H19N3O2/c1-11-6-4-5-7-15(11)18-13(3)16(20)19-17-10-14-9-8-12(2)21-14/h4-10,13,18H,1-3H3,(H,19,20)/b17-10+. The van der Waals surface area contributed by atoms with Crippen molar-refractivity contribution in [3.05, 3.63) is 53.5 Å². The van der Waals surface area contributed by atoms with Gasteiger partial charge in [-0.3, -0.25) is 4.79 Å². The fourth-order valence-corrected chi connectivity index (χ4v) is 1.81. The molecule has 1 aromatic heterocycles. The molecule has 0 aliphatic heterocycles. The number of hydrazone groups is 1. The van der Waals surface area contributed by atoms with E-state index in [-0.39, 0.29) is 11.9 Å². The first-order chi connectivity index (χ1) is 10.1. The zero-order valence-electron chi connectivity index (χ0n) is 12.4. The number of aryl methyl sites for hydroxylation is 2. The summed E-state index contributed by atoms with van der Waals surface area (Å²) in [4.78, 5) is 11.9. The van der Waals surface area contributed by atoms with Crippen molar-refractivity contribution in [1.82, 2.24) is 5.43 Å². The summed E-state index contributed by atoms with van der Waals surface area (Å²) in [5, 5.41) is 7.04. The molecule has 1 amide bonds. The zero-order valence-corrected chi connectivity index (χ0v) is 12.4. The average molecular weight is 285 g/mol. The molecule has 1 aromatic carbocycles. The van der Waals surface area contributed by atoms with Gasteiger partial charge in [0.1, 0.15) is 17.6 Å². The Morgan fingerprint density at radius 3 is 2.67 bits per heavy atom. The second kappa shape index (κ2) is 6.74. The van der Waals surface area contributed by atoms with Crippen LogP contribution in [0.2, 0.25) is 0 Å². The molecular weight excluding hydrogens is 266 g/mol. The summed E-state index contributed by atoms with van der Waals surface area (Å²) in [6.45, 7) is 5.63. The third-order valence-corrected chi connectivity index (χ3v) is 3.04. The number of amides is 1. The number of hydrogen-bond donors (Lipinski definition) is 2. The van der Waals surface area contributed by atoms with Crippen LogP contribution in [-0.2, 0) is 4.79 Å². The minimum absolute atomic E-state index is 0.210. The largest absolute Gasteiger partial charge is 0.460 e. The lowest BCUT2D eigenvalue weighted by atomic mass is 10.2. The number of rotatable bonds is 5. The van der Waals surface area contributed by atoms with Gasteiger partial charge in [0.15, 0.2) is 0 Å². The Balaban J connectivity index is 1.88. The molecule has 0 spiro atoms. The molecule has 5 nitrogen and oxygen atoms in total. The van der Waals surface area contributed by atoms with Gasteiger partial charge in [-0.25, -0.2) is 5.43 Å². The second-order valence-corrected chi connectivity index (χ2v) is 4.86. The van der Waals surface area contributed by atoms with Crippen LogP contribution in [0.1, 0.15) is 24.0 Å². The summed E-state index contributed by atoms with van der Waals surface area (Å²) in [6, 6.07) is 11.1. The molecule has 21 heavy (non-hydrogen) atoms. The summed E-state index contributed by atoms with van der Waals surface area (Å²) in [7, 11) is 0. The van der Waals surface area contributed by atoms with Gasteiger partial charge in [0.2, 0.25) is 0 Å². The molecule has 0 aliphatic rings. The van der Waals surface area contributed by atoms with Gasteiger partial charge in [-0.05, 0) is 44.5 Å². The quantitative estimate of drug-likeness (QED) is 0.655. The maximum atomic E-state index is 11.9. The number of anilines is 1. The van der Waals surface area contributed by atoms with Crippen LogP contribution in [0.4, 0.5) is 5.69 Å². The predicted octanol–water partition coefficient (Wildman–Crippen LogP) is 2.85. The Morgan fingerprint density at radius 2 is 2.00 bits per heavy atom. The average Bonchev–Trinajstić information content (AvgIpc) is 2.87. The van der Waals surface area contributed by atoms with Gasteiger partial charge in [0, 0.05) is 5.69 Å². The van der Waals surface area contributed by atoms with E-state index in [1.54, 1.807) is 13.0 Å². The van der Waals surface area contributed by atoms with E-state index in [1.807, 2.05) is 44.2 Å². The fraction of sp³-hybridized carbons (Fsp3) is 0.250. The van der Waals surface area contributed by atoms with Gasteiger partial charge in [-0.1, -0.05) is 18.2 Å². The number of carbonyl (C=O) groups is 1. The van der Waals surface area contributed by atoms with Gasteiger partial charge in [-0.15, -0.1) is 0 Å². The van der Waals surface area contributed by atoms with Gasteiger partial charge in [0.05, 0.1) is 6.21 Å². The Bertz CT molecular complexity index is 646. The number of benzene rings is 1. The van der Waals surface area contributed by atoms with Crippen molar-refractivity contribution in [2.45, 2.75) is 26.8 Å². The normalized spacial score (nSPS) is 12.3. The van der Waals surface area contributed by atoms with Gasteiger partial charge < -0.3 is 9.73 Å². The molecule has 0 saturated carbocycles. The van der Waals surface area contributed by atoms with Crippen molar-refractivity contribution < 1.29 is 9.21 Å². The second-order valence-electron chi connectivity index (χ2n) is 4.86. The van der Waals surface area contributed by atoms with E-state index in [9.17, 15) is 4.79 Å². The molecule has 1 heterocycles. The third kappa shape index (κ3) is 4.21. The van der Waals surface area contributed by atoms with Crippen molar-refractivity contribution in [3.63, 3.8) is 0 Å². The van der Waals surface area contributed by atoms with Crippen LogP contribution < -0.4 is 10.7 Å². The molecule has 1 unspecified atom stereocenters. The van der Waals surface area contributed by atoms with E-state index in [4.69, 9.17) is 4.42 Å². The minimum atomic E-state index is -0.387. The maximum absolute atomic E-state index is 11.9. The SMILES string of the molecule is Cc1ccc(/C=N/NC(=O)C(C)Nc2ccccc2C)o1. The van der Waals surface area contributed by atoms with Crippen LogP contribution in [0, 0.1) is 13.8 Å². The summed E-state index contributed by atoms with van der Waals surface area (Å²) in [5.41, 5.74) is 4.51. The molecule has 2 N–H and O–H groups in total. The first-order valence-corrected chi connectivity index (χ1v) is 6.78. The number of nitrogens with zero attached hydrogens (tertiary/aromatic N) is 1. The van der Waals surface area contributed by atoms with Crippen molar-refractivity contribution in [2.24, 2.45) is 5.10 Å². The highest BCUT2D eigenvalue weighted by molar-refractivity contribution is 5.85. The monoisotopic (exact) mass is 285 g/mol. The van der Waals surface area contributed by atoms with Gasteiger partial charge in [-0.2, -0.15) is 5.10 Å². The summed E-state index contributed by atoms with van der Waals surface area (Å²) in [5.74, 6) is 1.20. The number of hydrogen-bond acceptors (Lipinski definition) is 4. The van der Waals surface area contributed by atoms with Gasteiger partial charge >= 0.3 is 0 Å². The van der Waals surface area contributed by atoms with Crippen molar-refractivity contribution >= 4 is 17.8 Å². The predicted molar refractivity (Wildman–Crippen MR) is 83.4 cm³/mol. The van der Waals surface area contributed by atoms with Crippen LogP contribution in [0.25, 0.3) is 0 Å².